The van der Waals surface area contributed by atoms with Gasteiger partial charge < -0.3 is 21.3 Å². The first-order chi connectivity index (χ1) is 20.5. The lowest BCUT2D eigenvalue weighted by Gasteiger charge is -2.26. The van der Waals surface area contributed by atoms with Crippen LogP contribution in [0.3, 0.4) is 0 Å². The Kier molecular flexibility index (Phi) is 9.77. The number of hydrogen-bond acceptors (Lipinski definition) is 5. The number of halogens is 2. The summed E-state index contributed by atoms with van der Waals surface area (Å²) in [6.45, 7) is 4.68. The summed E-state index contributed by atoms with van der Waals surface area (Å²) in [4.78, 5) is 52.6. The Morgan fingerprint density at radius 1 is 1.02 bits per heavy atom. The highest BCUT2D eigenvalue weighted by Gasteiger charge is 2.24. The molecule has 0 aliphatic rings. The Labute approximate surface area is 253 Å². The van der Waals surface area contributed by atoms with Crippen molar-refractivity contribution >= 4 is 46.1 Å². The Bertz CT molecular complexity index is 1670. The van der Waals surface area contributed by atoms with E-state index in [-0.39, 0.29) is 53.9 Å². The third-order valence-electron chi connectivity index (χ3n) is 6.94. The smallest absolute Gasteiger partial charge is 0.269 e. The van der Waals surface area contributed by atoms with Gasteiger partial charge in [0.15, 0.2) is 5.69 Å². The predicted molar refractivity (Wildman–Crippen MR) is 161 cm³/mol. The van der Waals surface area contributed by atoms with Crippen molar-refractivity contribution < 1.29 is 23.6 Å². The van der Waals surface area contributed by atoms with Crippen molar-refractivity contribution in [1.82, 2.24) is 25.3 Å². The Balaban J connectivity index is 1.49. The van der Waals surface area contributed by atoms with Crippen LogP contribution in [0.1, 0.15) is 58.8 Å². The zero-order chi connectivity index (χ0) is 31.3. The third-order valence-corrected chi connectivity index (χ3v) is 7.24. The second-order valence-corrected chi connectivity index (χ2v) is 10.7. The van der Waals surface area contributed by atoms with Crippen LogP contribution in [0.5, 0.6) is 0 Å². The summed E-state index contributed by atoms with van der Waals surface area (Å²) >= 11 is 5.81. The molecule has 10 nitrogen and oxygen atoms in total. The van der Waals surface area contributed by atoms with Crippen molar-refractivity contribution in [1.29, 1.82) is 0 Å². The van der Waals surface area contributed by atoms with Crippen LogP contribution in [-0.4, -0.2) is 50.9 Å². The monoisotopic (exact) mass is 606 g/mol. The van der Waals surface area contributed by atoms with E-state index in [1.807, 2.05) is 37.3 Å². The van der Waals surface area contributed by atoms with Crippen LogP contribution >= 0.6 is 11.6 Å². The normalized spacial score (nSPS) is 11.8. The quantitative estimate of drug-likeness (QED) is 0.237. The zero-order valence-corrected chi connectivity index (χ0v) is 24.7. The van der Waals surface area contributed by atoms with Gasteiger partial charge in [-0.05, 0) is 50.6 Å². The number of nitrogens with zero attached hydrogens (tertiary/aromatic N) is 3. The summed E-state index contributed by atoms with van der Waals surface area (Å²) in [6.07, 6.45) is 0. The number of rotatable bonds is 11. The minimum atomic E-state index is -0.820. The molecule has 0 saturated heterocycles. The maximum atomic E-state index is 14.2. The zero-order valence-electron chi connectivity index (χ0n) is 23.9. The maximum absolute atomic E-state index is 14.2. The van der Waals surface area contributed by atoms with Crippen LogP contribution in [0.2, 0.25) is 5.02 Å². The first-order valence-corrected chi connectivity index (χ1v) is 14.0. The molecule has 0 radical (unpaired) electrons. The van der Waals surface area contributed by atoms with Gasteiger partial charge in [0.25, 0.3) is 11.8 Å². The molecule has 1 atom stereocenters. The molecule has 1 unspecified atom stereocenters. The highest BCUT2D eigenvalue weighted by atomic mass is 35.5. The molecular weight excluding hydrogens is 575 g/mol. The molecule has 4 amide bonds. The van der Waals surface area contributed by atoms with E-state index in [1.54, 1.807) is 32.0 Å². The lowest BCUT2D eigenvalue weighted by Crippen LogP contribution is -2.45. The van der Waals surface area contributed by atoms with Gasteiger partial charge in [0, 0.05) is 29.1 Å². The minimum absolute atomic E-state index is 0.0537. The molecule has 4 aromatic rings. The van der Waals surface area contributed by atoms with E-state index < -0.39 is 23.5 Å². The van der Waals surface area contributed by atoms with E-state index in [0.29, 0.717) is 16.5 Å². The lowest BCUT2D eigenvalue weighted by atomic mass is 10.1. The molecule has 0 aliphatic heterocycles. The maximum Gasteiger partial charge on any atom is 0.269 e. The summed E-state index contributed by atoms with van der Waals surface area (Å²) in [5.41, 5.74) is 7.35. The molecule has 12 heteroatoms. The molecule has 224 valence electrons. The molecule has 4 rings (SSSR count). The molecule has 3 aromatic carbocycles. The van der Waals surface area contributed by atoms with Gasteiger partial charge in [-0.1, -0.05) is 54.1 Å². The van der Waals surface area contributed by atoms with Crippen LogP contribution in [-0.2, 0) is 22.7 Å². The highest BCUT2D eigenvalue weighted by Crippen LogP contribution is 2.22. The van der Waals surface area contributed by atoms with E-state index in [4.69, 9.17) is 17.3 Å². The van der Waals surface area contributed by atoms with Crippen LogP contribution in [0, 0.1) is 5.82 Å². The SMILES string of the molecule is CC(NC(=O)c1ccc2c(c1)c(C(N)=O)nn2CC(=O)N(CC(=O)NCc1cccc(Cl)c1F)C(C)C)c1ccccc1. The van der Waals surface area contributed by atoms with Gasteiger partial charge in [-0.3, -0.25) is 23.9 Å². The van der Waals surface area contributed by atoms with Crippen molar-refractivity contribution in [3.63, 3.8) is 0 Å². The van der Waals surface area contributed by atoms with Crippen molar-refractivity contribution in [2.45, 2.75) is 45.9 Å². The number of nitrogens with two attached hydrogens (primary N) is 1. The van der Waals surface area contributed by atoms with Gasteiger partial charge in [-0.15, -0.1) is 0 Å². The predicted octanol–water partition coefficient (Wildman–Crippen LogP) is 3.97. The van der Waals surface area contributed by atoms with Crippen molar-refractivity contribution in [3.05, 3.63) is 100.0 Å². The second kappa shape index (κ2) is 13.5. The number of carbonyl (C=O) groups is 4. The van der Waals surface area contributed by atoms with Gasteiger partial charge in [0.1, 0.15) is 12.4 Å². The fourth-order valence-electron chi connectivity index (χ4n) is 4.60. The number of nitrogens with one attached hydrogen (secondary N) is 2. The number of primary amides is 1. The Hall–Kier alpha value is -4.77. The topological polar surface area (TPSA) is 139 Å². The molecule has 0 fully saturated rings. The van der Waals surface area contributed by atoms with E-state index in [0.717, 1.165) is 5.56 Å². The third kappa shape index (κ3) is 7.36. The molecule has 0 spiro atoms. The highest BCUT2D eigenvalue weighted by molar-refractivity contribution is 6.30. The number of amides is 4. The standard InChI is InChI=1S/C31H32ClFN6O4/c1-18(2)38(16-26(40)35-15-22-10-7-11-24(32)28(22)33)27(41)17-39-25-13-12-21(14-23(25)29(37-39)30(34)42)31(43)36-19(3)20-8-5-4-6-9-20/h4-14,18-19H,15-17H2,1-3H3,(H2,34,42)(H,35,40)(H,36,43). The van der Waals surface area contributed by atoms with Gasteiger partial charge in [0.2, 0.25) is 11.8 Å². The first-order valence-electron chi connectivity index (χ1n) is 13.6. The fourth-order valence-corrected chi connectivity index (χ4v) is 4.79. The van der Waals surface area contributed by atoms with Gasteiger partial charge >= 0.3 is 0 Å². The van der Waals surface area contributed by atoms with Crippen molar-refractivity contribution in [2.24, 2.45) is 5.73 Å². The largest absolute Gasteiger partial charge is 0.364 e. The van der Waals surface area contributed by atoms with Gasteiger partial charge in [-0.2, -0.15) is 5.10 Å². The Morgan fingerprint density at radius 2 is 1.74 bits per heavy atom. The first kappa shape index (κ1) is 31.2. The van der Waals surface area contributed by atoms with E-state index in [1.165, 1.54) is 27.8 Å². The number of hydrogen-bond donors (Lipinski definition) is 3. The number of benzene rings is 3. The van der Waals surface area contributed by atoms with Crippen LogP contribution in [0.15, 0.2) is 66.7 Å². The number of aromatic nitrogens is 2. The van der Waals surface area contributed by atoms with E-state index in [2.05, 4.69) is 15.7 Å². The van der Waals surface area contributed by atoms with E-state index >= 15 is 0 Å². The average molecular weight is 607 g/mol. The average Bonchev–Trinajstić information content (AvgIpc) is 3.34. The molecule has 4 N–H and O–H groups in total. The van der Waals surface area contributed by atoms with Crippen LogP contribution in [0.25, 0.3) is 10.9 Å². The second-order valence-electron chi connectivity index (χ2n) is 10.3. The van der Waals surface area contributed by atoms with Crippen molar-refractivity contribution in [3.8, 4) is 0 Å². The molecular formula is C31H32ClFN6O4. The molecule has 0 bridgehead atoms. The molecule has 0 aliphatic carbocycles. The molecule has 43 heavy (non-hydrogen) atoms. The Morgan fingerprint density at radius 3 is 2.42 bits per heavy atom. The van der Waals surface area contributed by atoms with Crippen LogP contribution < -0.4 is 16.4 Å². The summed E-state index contributed by atoms with van der Waals surface area (Å²) in [6, 6.07) is 18.0. The minimum Gasteiger partial charge on any atom is -0.364 e. The van der Waals surface area contributed by atoms with Gasteiger partial charge in [-0.25, -0.2) is 4.39 Å². The summed E-state index contributed by atoms with van der Waals surface area (Å²) in [5.74, 6) is -2.74. The molecule has 1 heterocycles. The summed E-state index contributed by atoms with van der Waals surface area (Å²) in [7, 11) is 0. The van der Waals surface area contributed by atoms with Crippen LogP contribution in [0.4, 0.5) is 4.39 Å². The lowest BCUT2D eigenvalue weighted by molar-refractivity contribution is -0.138. The van der Waals surface area contributed by atoms with Gasteiger partial charge in [0.05, 0.1) is 23.1 Å². The fraction of sp³-hybridized carbons (Fsp3) is 0.258. The number of fused-ring (bicyclic) bond motifs is 1. The molecule has 1 aromatic heterocycles. The molecule has 0 saturated carbocycles. The number of carbonyl (C=O) groups excluding carboxylic acids is 4. The van der Waals surface area contributed by atoms with Crippen molar-refractivity contribution in [2.75, 3.05) is 6.54 Å². The summed E-state index contributed by atoms with van der Waals surface area (Å²) < 4.78 is 15.5. The van der Waals surface area contributed by atoms with E-state index in [9.17, 15) is 23.6 Å². The summed E-state index contributed by atoms with van der Waals surface area (Å²) in [5, 5.41) is 10.1.